The van der Waals surface area contributed by atoms with Gasteiger partial charge < -0.3 is 21.7 Å². The fraction of sp³-hybridized carbons (Fsp3) is 0.143. The van der Waals surface area contributed by atoms with Crippen molar-refractivity contribution < 1.29 is 19.8 Å². The maximum absolute atomic E-state index is 11.3. The molecule has 0 saturated carbocycles. The number of benzene rings is 1. The minimum atomic E-state index is -1.12. The molecule has 6 heteroatoms. The minimum absolute atomic E-state index is 0.0103. The van der Waals surface area contributed by atoms with Gasteiger partial charge in [0.05, 0.1) is 5.56 Å². The molecule has 0 radical (unpaired) electrons. The van der Waals surface area contributed by atoms with Gasteiger partial charge >= 0.3 is 11.9 Å². The number of rotatable bonds is 3. The number of nitrogen functional groups attached to an aromatic ring is 1. The maximum atomic E-state index is 11.3. The quantitative estimate of drug-likeness (QED) is 0.613. The second-order valence-electron chi connectivity index (χ2n) is 4.55. The smallest absolute Gasteiger partial charge is 0.337 e. The Kier molecular flexibility index (Phi) is 3.47. The molecule has 2 unspecified atom stereocenters. The van der Waals surface area contributed by atoms with Crippen molar-refractivity contribution in [2.45, 2.75) is 5.92 Å². The lowest BCUT2D eigenvalue weighted by atomic mass is 9.80. The van der Waals surface area contributed by atoms with Gasteiger partial charge in [0.25, 0.3) is 0 Å². The third kappa shape index (κ3) is 2.35. The summed E-state index contributed by atoms with van der Waals surface area (Å²) in [5.41, 5.74) is 12.4. The Morgan fingerprint density at radius 3 is 2.40 bits per heavy atom. The summed E-state index contributed by atoms with van der Waals surface area (Å²) < 4.78 is 0. The summed E-state index contributed by atoms with van der Waals surface area (Å²) in [6, 6.07) is 4.41. The van der Waals surface area contributed by atoms with Crippen molar-refractivity contribution in [3.05, 3.63) is 53.3 Å². The molecule has 1 aliphatic carbocycles. The molecule has 2 rings (SSSR count). The molecule has 0 spiro atoms. The van der Waals surface area contributed by atoms with E-state index >= 15 is 0 Å². The molecule has 0 fully saturated rings. The molecule has 0 heterocycles. The number of carboxylic acids is 2. The lowest BCUT2D eigenvalue weighted by Crippen LogP contribution is -2.28. The van der Waals surface area contributed by atoms with E-state index in [4.69, 9.17) is 16.6 Å². The molecule has 104 valence electrons. The molecule has 0 saturated heterocycles. The fourth-order valence-corrected chi connectivity index (χ4v) is 2.29. The first-order valence-electron chi connectivity index (χ1n) is 5.91. The van der Waals surface area contributed by atoms with Crippen molar-refractivity contribution in [3.63, 3.8) is 0 Å². The topological polar surface area (TPSA) is 127 Å². The molecule has 1 aromatic rings. The van der Waals surface area contributed by atoms with Crippen LogP contribution in [0.1, 0.15) is 21.8 Å². The van der Waals surface area contributed by atoms with Gasteiger partial charge in [-0.15, -0.1) is 0 Å². The predicted octanol–water partition coefficient (Wildman–Crippen LogP) is 1.16. The lowest BCUT2D eigenvalue weighted by molar-refractivity contribution is -0.140. The highest BCUT2D eigenvalue weighted by molar-refractivity contribution is 5.93. The summed E-state index contributed by atoms with van der Waals surface area (Å²) in [6.07, 6.45) is 4.94. The van der Waals surface area contributed by atoms with E-state index in [0.717, 1.165) is 0 Å². The number of carbonyl (C=O) groups is 2. The predicted molar refractivity (Wildman–Crippen MR) is 73.1 cm³/mol. The Labute approximate surface area is 115 Å². The average molecular weight is 274 g/mol. The number of anilines is 1. The third-order valence-corrected chi connectivity index (χ3v) is 3.28. The van der Waals surface area contributed by atoms with Crippen LogP contribution < -0.4 is 11.5 Å². The van der Waals surface area contributed by atoms with Crippen LogP contribution in [0.5, 0.6) is 0 Å². The highest BCUT2D eigenvalue weighted by Gasteiger charge is 2.31. The van der Waals surface area contributed by atoms with E-state index in [0.29, 0.717) is 5.56 Å². The zero-order valence-corrected chi connectivity index (χ0v) is 10.5. The van der Waals surface area contributed by atoms with Crippen molar-refractivity contribution in [2.75, 3.05) is 5.73 Å². The van der Waals surface area contributed by atoms with Crippen molar-refractivity contribution in [1.82, 2.24) is 0 Å². The largest absolute Gasteiger partial charge is 0.481 e. The third-order valence-electron chi connectivity index (χ3n) is 3.28. The number of aromatic carboxylic acids is 1. The van der Waals surface area contributed by atoms with Gasteiger partial charge in [-0.2, -0.15) is 0 Å². The van der Waals surface area contributed by atoms with Gasteiger partial charge in [-0.3, -0.25) is 4.79 Å². The first kappa shape index (κ1) is 13.7. The molecule has 6 N–H and O–H groups in total. The van der Waals surface area contributed by atoms with Gasteiger partial charge in [0, 0.05) is 17.3 Å². The van der Waals surface area contributed by atoms with E-state index in [-0.39, 0.29) is 16.9 Å². The summed E-state index contributed by atoms with van der Waals surface area (Å²) in [6.45, 7) is 0. The van der Waals surface area contributed by atoms with Crippen LogP contribution in [0.3, 0.4) is 0 Å². The van der Waals surface area contributed by atoms with E-state index in [1.54, 1.807) is 24.3 Å². The van der Waals surface area contributed by atoms with E-state index in [9.17, 15) is 14.7 Å². The van der Waals surface area contributed by atoms with Crippen molar-refractivity contribution in [2.24, 2.45) is 11.7 Å². The number of nitrogens with two attached hydrogens (primary N) is 2. The number of allylic oxidation sites excluding steroid dienone is 3. The fourth-order valence-electron chi connectivity index (χ4n) is 2.29. The highest BCUT2D eigenvalue weighted by Crippen LogP contribution is 2.34. The first-order chi connectivity index (χ1) is 9.41. The number of hydrogen-bond donors (Lipinski definition) is 4. The first-order valence-corrected chi connectivity index (χ1v) is 5.91. The van der Waals surface area contributed by atoms with Crippen LogP contribution in [0, 0.1) is 5.92 Å². The molecular weight excluding hydrogens is 260 g/mol. The summed E-state index contributed by atoms with van der Waals surface area (Å²) in [4.78, 5) is 22.2. The average Bonchev–Trinajstić information content (AvgIpc) is 2.37. The van der Waals surface area contributed by atoms with E-state index < -0.39 is 23.8 Å². The second kappa shape index (κ2) is 5.08. The molecule has 0 aromatic heterocycles. The van der Waals surface area contributed by atoms with Crippen LogP contribution in [-0.4, -0.2) is 22.2 Å². The van der Waals surface area contributed by atoms with Crippen LogP contribution in [-0.2, 0) is 4.79 Å². The Morgan fingerprint density at radius 2 is 1.85 bits per heavy atom. The highest BCUT2D eigenvalue weighted by atomic mass is 16.4. The Balaban J connectivity index is 2.43. The SMILES string of the molecule is NC1=CC=CC(c2ccc(C(=O)O)c(N)c2)C1C(=O)O. The molecule has 0 aliphatic heterocycles. The van der Waals surface area contributed by atoms with Gasteiger partial charge in [0.15, 0.2) is 0 Å². The van der Waals surface area contributed by atoms with Gasteiger partial charge in [0.1, 0.15) is 5.92 Å². The van der Waals surface area contributed by atoms with Crippen molar-refractivity contribution >= 4 is 17.6 Å². The van der Waals surface area contributed by atoms with Crippen LogP contribution in [0.2, 0.25) is 0 Å². The van der Waals surface area contributed by atoms with E-state index in [2.05, 4.69) is 0 Å². The van der Waals surface area contributed by atoms with E-state index in [1.807, 2.05) is 0 Å². The molecular formula is C14H14N2O4. The minimum Gasteiger partial charge on any atom is -0.481 e. The molecule has 1 aliphatic rings. The van der Waals surface area contributed by atoms with Crippen LogP contribution in [0.25, 0.3) is 0 Å². The molecule has 6 nitrogen and oxygen atoms in total. The van der Waals surface area contributed by atoms with Crippen LogP contribution >= 0.6 is 0 Å². The summed E-state index contributed by atoms with van der Waals surface area (Å²) in [5.74, 6) is -3.51. The molecule has 0 amide bonds. The second-order valence-corrected chi connectivity index (χ2v) is 4.55. The molecule has 20 heavy (non-hydrogen) atoms. The van der Waals surface area contributed by atoms with Crippen molar-refractivity contribution in [1.29, 1.82) is 0 Å². The Morgan fingerprint density at radius 1 is 1.15 bits per heavy atom. The Hall–Kier alpha value is -2.76. The number of hydrogen-bond acceptors (Lipinski definition) is 4. The summed E-state index contributed by atoms with van der Waals surface area (Å²) in [5, 5.41) is 18.2. The van der Waals surface area contributed by atoms with Gasteiger partial charge in [0.2, 0.25) is 0 Å². The molecule has 1 aromatic carbocycles. The zero-order chi connectivity index (χ0) is 14.9. The van der Waals surface area contributed by atoms with Crippen LogP contribution in [0.15, 0.2) is 42.1 Å². The zero-order valence-electron chi connectivity index (χ0n) is 10.5. The molecule has 2 atom stereocenters. The normalized spacial score (nSPS) is 21.3. The Bertz CT molecular complexity index is 634. The number of carboxylic acid groups (broad SMARTS) is 2. The number of aliphatic carboxylic acids is 1. The van der Waals surface area contributed by atoms with Gasteiger partial charge in [-0.25, -0.2) is 4.79 Å². The summed E-state index contributed by atoms with van der Waals surface area (Å²) in [7, 11) is 0. The van der Waals surface area contributed by atoms with E-state index in [1.165, 1.54) is 12.1 Å². The van der Waals surface area contributed by atoms with Crippen LogP contribution in [0.4, 0.5) is 5.69 Å². The monoisotopic (exact) mass is 274 g/mol. The molecule has 0 bridgehead atoms. The standard InChI is InChI=1S/C14H14N2O4/c15-10-3-1-2-8(12(10)14(19)20)7-4-5-9(13(17)18)11(16)6-7/h1-6,8,12H,15-16H2,(H,17,18)(H,19,20). The van der Waals surface area contributed by atoms with Gasteiger partial charge in [-0.1, -0.05) is 18.2 Å². The van der Waals surface area contributed by atoms with Gasteiger partial charge in [-0.05, 0) is 23.8 Å². The maximum Gasteiger partial charge on any atom is 0.337 e. The summed E-state index contributed by atoms with van der Waals surface area (Å²) >= 11 is 0. The van der Waals surface area contributed by atoms with Crippen molar-refractivity contribution in [3.8, 4) is 0 Å². The lowest BCUT2D eigenvalue weighted by Gasteiger charge is -2.25.